The summed E-state index contributed by atoms with van der Waals surface area (Å²) in [6.07, 6.45) is 1.77. The van der Waals surface area contributed by atoms with Crippen molar-refractivity contribution in [2.75, 3.05) is 6.61 Å². The summed E-state index contributed by atoms with van der Waals surface area (Å²) in [5.41, 5.74) is 4.54. The van der Waals surface area contributed by atoms with Gasteiger partial charge in [-0.05, 0) is 41.5 Å². The Bertz CT molecular complexity index is 971. The molecule has 1 fully saturated rings. The number of rotatable bonds is 9. The van der Waals surface area contributed by atoms with Crippen LogP contribution >= 0.6 is 0 Å². The van der Waals surface area contributed by atoms with Crippen molar-refractivity contribution in [1.82, 2.24) is 10.6 Å². The van der Waals surface area contributed by atoms with E-state index in [0.717, 1.165) is 35.1 Å². The number of amides is 2. The van der Waals surface area contributed by atoms with Gasteiger partial charge in [-0.2, -0.15) is 0 Å². The molecule has 2 aliphatic rings. The van der Waals surface area contributed by atoms with Gasteiger partial charge in [-0.3, -0.25) is 9.59 Å². The number of benzene rings is 2. The first kappa shape index (κ1) is 21.9. The van der Waals surface area contributed by atoms with Crippen molar-refractivity contribution in [3.8, 4) is 11.1 Å². The summed E-state index contributed by atoms with van der Waals surface area (Å²) in [6, 6.07) is 14.9. The quantitative estimate of drug-likeness (QED) is 0.556. The second-order valence-corrected chi connectivity index (χ2v) is 8.71. The standard InChI is InChI=1S/C25H28N2O5/c1-15(12-23(28)29)26-24(30)22(13-16-10-11-16)27-25(31)32-14-21-19-8-4-2-6-17(19)18-7-3-5-9-20(18)21/h2-9,15-16,21-22H,10-14H2,1H3,(H,26,30)(H,27,31)(H,28,29)/t15-,22-/m0/s1. The summed E-state index contributed by atoms with van der Waals surface area (Å²) in [5, 5.41) is 14.3. The van der Waals surface area contributed by atoms with Crippen molar-refractivity contribution in [3.63, 3.8) is 0 Å². The molecule has 0 bridgehead atoms. The summed E-state index contributed by atoms with van der Waals surface area (Å²) in [6.45, 7) is 1.81. The van der Waals surface area contributed by atoms with Gasteiger partial charge in [-0.25, -0.2) is 4.79 Å². The lowest BCUT2D eigenvalue weighted by atomic mass is 9.98. The Morgan fingerprint density at radius 3 is 2.16 bits per heavy atom. The SMILES string of the molecule is C[C@@H](CC(=O)O)NC(=O)[C@H](CC1CC1)NC(=O)OCC1c2ccccc2-c2ccccc21. The van der Waals surface area contributed by atoms with E-state index in [-0.39, 0.29) is 24.9 Å². The molecule has 168 valence electrons. The van der Waals surface area contributed by atoms with E-state index < -0.39 is 24.1 Å². The summed E-state index contributed by atoms with van der Waals surface area (Å²) < 4.78 is 5.57. The van der Waals surface area contributed by atoms with E-state index in [1.54, 1.807) is 6.92 Å². The highest BCUT2D eigenvalue weighted by atomic mass is 16.5. The van der Waals surface area contributed by atoms with E-state index >= 15 is 0 Å². The second kappa shape index (κ2) is 9.42. The number of carboxylic acid groups (broad SMARTS) is 1. The van der Waals surface area contributed by atoms with Gasteiger partial charge < -0.3 is 20.5 Å². The Morgan fingerprint density at radius 1 is 1.00 bits per heavy atom. The minimum Gasteiger partial charge on any atom is -0.481 e. The topological polar surface area (TPSA) is 105 Å². The third-order valence-electron chi connectivity index (χ3n) is 6.09. The maximum Gasteiger partial charge on any atom is 0.407 e. The van der Waals surface area contributed by atoms with Gasteiger partial charge in [0.2, 0.25) is 5.91 Å². The predicted octanol–water partition coefficient (Wildman–Crippen LogP) is 3.67. The zero-order valence-corrected chi connectivity index (χ0v) is 18.0. The van der Waals surface area contributed by atoms with Crippen LogP contribution < -0.4 is 10.6 Å². The first-order valence-electron chi connectivity index (χ1n) is 11.1. The summed E-state index contributed by atoms with van der Waals surface area (Å²) in [7, 11) is 0. The first-order valence-corrected chi connectivity index (χ1v) is 11.1. The Kier molecular flexibility index (Phi) is 6.44. The molecule has 7 nitrogen and oxygen atoms in total. The molecular weight excluding hydrogens is 408 g/mol. The second-order valence-electron chi connectivity index (χ2n) is 8.71. The van der Waals surface area contributed by atoms with Crippen LogP contribution in [0.4, 0.5) is 4.79 Å². The summed E-state index contributed by atoms with van der Waals surface area (Å²) >= 11 is 0. The Labute approximate surface area is 187 Å². The van der Waals surface area contributed by atoms with Gasteiger partial charge in [-0.1, -0.05) is 61.4 Å². The minimum atomic E-state index is -0.985. The van der Waals surface area contributed by atoms with Crippen molar-refractivity contribution in [2.24, 2.45) is 5.92 Å². The van der Waals surface area contributed by atoms with Crippen LogP contribution in [0.25, 0.3) is 11.1 Å². The fourth-order valence-electron chi connectivity index (χ4n) is 4.36. The van der Waals surface area contributed by atoms with Crippen LogP contribution in [0.3, 0.4) is 0 Å². The lowest BCUT2D eigenvalue weighted by Gasteiger charge is -2.21. The number of hydrogen-bond donors (Lipinski definition) is 3. The van der Waals surface area contributed by atoms with Crippen molar-refractivity contribution in [3.05, 3.63) is 59.7 Å². The van der Waals surface area contributed by atoms with Gasteiger partial charge in [0.15, 0.2) is 0 Å². The van der Waals surface area contributed by atoms with Crippen LogP contribution in [-0.2, 0) is 14.3 Å². The van der Waals surface area contributed by atoms with Crippen LogP contribution in [0, 0.1) is 5.92 Å². The van der Waals surface area contributed by atoms with Crippen LogP contribution in [0.5, 0.6) is 0 Å². The zero-order chi connectivity index (χ0) is 22.7. The highest BCUT2D eigenvalue weighted by molar-refractivity contribution is 5.86. The molecule has 2 aromatic rings. The maximum atomic E-state index is 12.6. The van der Waals surface area contributed by atoms with Crippen LogP contribution in [-0.4, -0.2) is 41.8 Å². The molecule has 2 aliphatic carbocycles. The van der Waals surface area contributed by atoms with Crippen molar-refractivity contribution >= 4 is 18.0 Å². The normalized spacial score (nSPS) is 16.4. The molecule has 0 radical (unpaired) electrons. The number of fused-ring (bicyclic) bond motifs is 3. The van der Waals surface area contributed by atoms with Gasteiger partial charge in [0.1, 0.15) is 12.6 Å². The Balaban J connectivity index is 1.38. The molecule has 0 saturated heterocycles. The number of hydrogen-bond acceptors (Lipinski definition) is 4. The Morgan fingerprint density at radius 2 is 1.59 bits per heavy atom. The van der Waals surface area contributed by atoms with Crippen LogP contribution in [0.1, 0.15) is 49.7 Å². The zero-order valence-electron chi connectivity index (χ0n) is 18.0. The number of carboxylic acids is 1. The number of carbonyl (C=O) groups is 3. The Hall–Kier alpha value is -3.35. The molecule has 1 saturated carbocycles. The van der Waals surface area contributed by atoms with E-state index in [2.05, 4.69) is 34.9 Å². The molecule has 0 aromatic heterocycles. The van der Waals surface area contributed by atoms with E-state index in [0.29, 0.717) is 12.3 Å². The van der Waals surface area contributed by atoms with Crippen molar-refractivity contribution < 1.29 is 24.2 Å². The number of ether oxygens (including phenoxy) is 1. The fraction of sp³-hybridized carbons (Fsp3) is 0.400. The number of nitrogens with one attached hydrogen (secondary N) is 2. The maximum absolute atomic E-state index is 12.6. The van der Waals surface area contributed by atoms with E-state index in [1.165, 1.54) is 0 Å². The molecule has 4 rings (SSSR count). The predicted molar refractivity (Wildman–Crippen MR) is 119 cm³/mol. The molecule has 32 heavy (non-hydrogen) atoms. The highest BCUT2D eigenvalue weighted by Gasteiger charge is 2.33. The molecule has 0 aliphatic heterocycles. The van der Waals surface area contributed by atoms with Crippen LogP contribution in [0.15, 0.2) is 48.5 Å². The average molecular weight is 437 g/mol. The van der Waals surface area contributed by atoms with E-state index in [1.807, 2.05) is 24.3 Å². The molecule has 0 unspecified atom stereocenters. The monoisotopic (exact) mass is 436 g/mol. The van der Waals surface area contributed by atoms with E-state index in [4.69, 9.17) is 9.84 Å². The van der Waals surface area contributed by atoms with Crippen LogP contribution in [0.2, 0.25) is 0 Å². The van der Waals surface area contributed by atoms with Gasteiger partial charge in [0, 0.05) is 12.0 Å². The molecule has 2 amide bonds. The van der Waals surface area contributed by atoms with Gasteiger partial charge in [0.05, 0.1) is 6.42 Å². The molecule has 0 spiro atoms. The summed E-state index contributed by atoms with van der Waals surface area (Å²) in [4.78, 5) is 36.1. The minimum absolute atomic E-state index is 0.0561. The van der Waals surface area contributed by atoms with Gasteiger partial charge in [0.25, 0.3) is 0 Å². The number of aliphatic carboxylic acids is 1. The smallest absolute Gasteiger partial charge is 0.407 e. The molecule has 2 aromatic carbocycles. The molecule has 3 N–H and O–H groups in total. The third-order valence-corrected chi connectivity index (χ3v) is 6.09. The largest absolute Gasteiger partial charge is 0.481 e. The van der Waals surface area contributed by atoms with Crippen molar-refractivity contribution in [2.45, 2.75) is 50.6 Å². The molecule has 2 atom stereocenters. The van der Waals surface area contributed by atoms with E-state index in [9.17, 15) is 14.4 Å². The highest BCUT2D eigenvalue weighted by Crippen LogP contribution is 2.44. The third kappa shape index (κ3) is 5.10. The summed E-state index contributed by atoms with van der Waals surface area (Å²) in [5.74, 6) is -1.02. The van der Waals surface area contributed by atoms with Crippen molar-refractivity contribution in [1.29, 1.82) is 0 Å². The number of alkyl carbamates (subject to hydrolysis) is 1. The molecular formula is C25H28N2O5. The molecule has 0 heterocycles. The number of carbonyl (C=O) groups excluding carboxylic acids is 2. The first-order chi connectivity index (χ1) is 15.4. The lowest BCUT2D eigenvalue weighted by molar-refractivity contribution is -0.137. The fourth-order valence-corrected chi connectivity index (χ4v) is 4.36. The van der Waals surface area contributed by atoms with Gasteiger partial charge in [-0.15, -0.1) is 0 Å². The lowest BCUT2D eigenvalue weighted by Crippen LogP contribution is -2.49. The average Bonchev–Trinajstić information content (AvgIpc) is 3.52. The molecule has 7 heteroatoms. The van der Waals surface area contributed by atoms with Gasteiger partial charge >= 0.3 is 12.1 Å².